The molecule has 0 bridgehead atoms. The van der Waals surface area contributed by atoms with Crippen molar-refractivity contribution in [1.29, 1.82) is 0 Å². The SMILES string of the molecule is COc1cc(N2CCC3(CCN(CCCCc4cccc5c4CN(C4CCC(=O)NC4=O)C5=O)CC3)CC2)c(C)cc1Nc1ncc(Br)c(Nc2ccc3nccnc3c2P(C)(C)=O)n1. The lowest BCUT2D eigenvalue weighted by atomic mass is 9.71. The molecule has 1 spiro atoms. The number of rotatable bonds is 13. The van der Waals surface area contributed by atoms with Crippen molar-refractivity contribution in [2.45, 2.75) is 77.3 Å². The summed E-state index contributed by atoms with van der Waals surface area (Å²) in [6.45, 7) is 11.3. The van der Waals surface area contributed by atoms with Crippen LogP contribution in [0.25, 0.3) is 11.0 Å². The zero-order valence-corrected chi connectivity index (χ0v) is 39.9. The number of nitrogens with zero attached hydrogens (tertiary/aromatic N) is 7. The lowest BCUT2D eigenvalue weighted by Gasteiger charge is -2.47. The van der Waals surface area contributed by atoms with Gasteiger partial charge in [-0.1, -0.05) is 12.1 Å². The minimum atomic E-state index is -2.77. The molecule has 2 aromatic heterocycles. The Labute approximate surface area is 388 Å². The number of fused-ring (bicyclic) bond motifs is 2. The molecule has 340 valence electrons. The van der Waals surface area contributed by atoms with Gasteiger partial charge in [-0.3, -0.25) is 29.7 Å². The monoisotopic (exact) mass is 962 g/mol. The predicted octanol–water partition coefficient (Wildman–Crippen LogP) is 7.70. The van der Waals surface area contributed by atoms with E-state index >= 15 is 0 Å². The normalized spacial score (nSPS) is 18.8. The zero-order valence-electron chi connectivity index (χ0n) is 37.5. The number of ether oxygens (including phenoxy) is 1. The number of aromatic nitrogens is 4. The molecule has 65 heavy (non-hydrogen) atoms. The quantitative estimate of drug-likeness (QED) is 0.0596. The van der Waals surface area contributed by atoms with Crippen LogP contribution < -0.4 is 30.9 Å². The second kappa shape index (κ2) is 18.4. The molecule has 3 fully saturated rings. The van der Waals surface area contributed by atoms with E-state index in [2.05, 4.69) is 81.8 Å². The number of amides is 3. The number of methoxy groups -OCH3 is 1. The fourth-order valence-electron chi connectivity index (χ4n) is 10.2. The van der Waals surface area contributed by atoms with Crippen LogP contribution in [0.15, 0.2) is 65.5 Å². The summed E-state index contributed by atoms with van der Waals surface area (Å²) in [5.74, 6) is 0.834. The molecule has 1 atom stereocenters. The molecule has 17 heteroatoms. The van der Waals surface area contributed by atoms with Crippen LogP contribution in [-0.4, -0.2) is 107 Å². The third kappa shape index (κ3) is 9.35. The summed E-state index contributed by atoms with van der Waals surface area (Å²) in [5.41, 5.74) is 8.27. The highest BCUT2D eigenvalue weighted by molar-refractivity contribution is 9.10. The Morgan fingerprint density at radius 2 is 1.71 bits per heavy atom. The smallest absolute Gasteiger partial charge is 0.255 e. The van der Waals surface area contributed by atoms with Gasteiger partial charge in [-0.15, -0.1) is 0 Å². The maximum absolute atomic E-state index is 13.5. The molecule has 3 saturated heterocycles. The second-order valence-corrected chi connectivity index (χ2v) is 22.3. The Bertz CT molecular complexity index is 2710. The van der Waals surface area contributed by atoms with E-state index in [9.17, 15) is 18.9 Å². The minimum absolute atomic E-state index is 0.112. The number of carbonyl (C=O) groups excluding carboxylic acids is 3. The number of imide groups is 1. The first kappa shape index (κ1) is 44.7. The number of hydrogen-bond donors (Lipinski definition) is 3. The first-order chi connectivity index (χ1) is 31.3. The zero-order chi connectivity index (χ0) is 45.5. The Kier molecular flexibility index (Phi) is 12.7. The van der Waals surface area contributed by atoms with E-state index in [1.54, 1.807) is 43.9 Å². The summed E-state index contributed by atoms with van der Waals surface area (Å²) < 4.78 is 20.1. The van der Waals surface area contributed by atoms with Gasteiger partial charge in [-0.05, 0) is 154 Å². The highest BCUT2D eigenvalue weighted by atomic mass is 79.9. The Morgan fingerprint density at radius 1 is 0.938 bits per heavy atom. The summed E-state index contributed by atoms with van der Waals surface area (Å²) in [5, 5.41) is 9.77. The fourth-order valence-corrected chi connectivity index (χ4v) is 11.9. The van der Waals surface area contributed by atoms with Crippen LogP contribution in [-0.2, 0) is 27.1 Å². The first-order valence-corrected chi connectivity index (χ1v) is 26.0. The number of halogens is 1. The van der Waals surface area contributed by atoms with Gasteiger partial charge in [-0.2, -0.15) is 4.98 Å². The van der Waals surface area contributed by atoms with E-state index in [1.807, 2.05) is 24.3 Å². The molecule has 6 heterocycles. The summed E-state index contributed by atoms with van der Waals surface area (Å²) in [7, 11) is -1.09. The molecule has 3 N–H and O–H groups in total. The van der Waals surface area contributed by atoms with Gasteiger partial charge in [0.25, 0.3) is 5.91 Å². The van der Waals surface area contributed by atoms with Crippen molar-refractivity contribution in [3.63, 3.8) is 0 Å². The Balaban J connectivity index is 0.771. The van der Waals surface area contributed by atoms with Crippen LogP contribution >= 0.6 is 23.1 Å². The van der Waals surface area contributed by atoms with Crippen molar-refractivity contribution in [1.82, 2.24) is 35.1 Å². The molecule has 3 amide bonds. The van der Waals surface area contributed by atoms with Crippen molar-refractivity contribution >= 4 is 86.0 Å². The summed E-state index contributed by atoms with van der Waals surface area (Å²) in [6, 6.07) is 13.3. The van der Waals surface area contributed by atoms with Crippen molar-refractivity contribution in [3.05, 3.63) is 87.8 Å². The molecule has 9 rings (SSSR count). The fraction of sp³-hybridized carbons (Fsp3) is 0.438. The van der Waals surface area contributed by atoms with Gasteiger partial charge in [-0.25, -0.2) is 4.98 Å². The van der Waals surface area contributed by atoms with Gasteiger partial charge in [0.2, 0.25) is 17.8 Å². The third-order valence-corrected chi connectivity index (χ3v) is 16.0. The van der Waals surface area contributed by atoms with Crippen molar-refractivity contribution in [2.75, 3.05) is 68.7 Å². The number of aryl methyl sites for hydroxylation is 2. The molecule has 0 saturated carbocycles. The van der Waals surface area contributed by atoms with E-state index in [-0.39, 0.29) is 24.1 Å². The Hall–Kier alpha value is -5.44. The lowest BCUT2D eigenvalue weighted by molar-refractivity contribution is -0.136. The number of piperidine rings is 3. The van der Waals surface area contributed by atoms with Crippen LogP contribution in [0.2, 0.25) is 0 Å². The third-order valence-electron chi connectivity index (χ3n) is 13.8. The predicted molar refractivity (Wildman–Crippen MR) is 258 cm³/mol. The van der Waals surface area contributed by atoms with E-state index in [4.69, 9.17) is 9.72 Å². The average molecular weight is 964 g/mol. The minimum Gasteiger partial charge on any atom is -0.494 e. The number of benzene rings is 3. The van der Waals surface area contributed by atoms with Crippen molar-refractivity contribution in [2.24, 2.45) is 5.41 Å². The maximum Gasteiger partial charge on any atom is 0.255 e. The van der Waals surface area contributed by atoms with Crippen LogP contribution in [0.4, 0.5) is 28.8 Å². The summed E-state index contributed by atoms with van der Waals surface area (Å²) in [6.07, 6.45) is 13.3. The summed E-state index contributed by atoms with van der Waals surface area (Å²) in [4.78, 5) is 62.5. The maximum atomic E-state index is 13.5. The van der Waals surface area contributed by atoms with Crippen molar-refractivity contribution < 1.29 is 23.7 Å². The van der Waals surface area contributed by atoms with Crippen LogP contribution in [0.1, 0.15) is 78.4 Å². The molecule has 0 radical (unpaired) electrons. The van der Waals surface area contributed by atoms with E-state index in [1.165, 1.54) is 24.1 Å². The van der Waals surface area contributed by atoms with Gasteiger partial charge in [0.1, 0.15) is 30.3 Å². The molecular formula is C48H56BrN10O5P. The largest absolute Gasteiger partial charge is 0.494 e. The lowest BCUT2D eigenvalue weighted by Crippen LogP contribution is -2.52. The van der Waals surface area contributed by atoms with Gasteiger partial charge in [0, 0.05) is 62.0 Å². The van der Waals surface area contributed by atoms with Gasteiger partial charge < -0.3 is 34.6 Å². The molecule has 3 aromatic carbocycles. The van der Waals surface area contributed by atoms with E-state index in [0.717, 1.165) is 81.6 Å². The summed E-state index contributed by atoms with van der Waals surface area (Å²) >= 11 is 3.59. The molecule has 1 unspecified atom stereocenters. The van der Waals surface area contributed by atoms with Crippen molar-refractivity contribution in [3.8, 4) is 5.75 Å². The van der Waals surface area contributed by atoms with Gasteiger partial charge in [0.05, 0.1) is 33.8 Å². The molecule has 0 aliphatic carbocycles. The van der Waals surface area contributed by atoms with Crippen LogP contribution in [0.3, 0.4) is 0 Å². The standard InChI is InChI=1S/C48H56BrN10O5P/c1-30-26-37(54-47-52-28-34(49)44(56-47)53-36-12-11-35-42(51-20-19-50-35)43(36)65(3,4)63)40(64-2)27-39(30)58-24-17-48(18-25-58)15-22-57(23-16-48)21-6-5-8-31-9-7-10-32-33(31)29-59(46(32)62)38-13-14-41(60)55-45(38)61/h7,9-12,19-20,26-28,38H,5-6,8,13-18,21-25,29H2,1-4H3,(H,55,60,61)(H2,52,53,54,56). The number of unbranched alkanes of at least 4 members (excludes halogenated alkanes) is 1. The van der Waals surface area contributed by atoms with Crippen LogP contribution in [0.5, 0.6) is 5.75 Å². The van der Waals surface area contributed by atoms with Gasteiger partial charge >= 0.3 is 0 Å². The Morgan fingerprint density at radius 3 is 2.46 bits per heavy atom. The van der Waals surface area contributed by atoms with Crippen LogP contribution in [0, 0.1) is 12.3 Å². The first-order valence-electron chi connectivity index (χ1n) is 22.6. The van der Waals surface area contributed by atoms with E-state index < -0.39 is 13.2 Å². The topological polar surface area (TPSA) is 175 Å². The number of carbonyl (C=O) groups is 3. The molecule has 15 nitrogen and oxygen atoms in total. The van der Waals surface area contributed by atoms with E-state index in [0.29, 0.717) is 68.0 Å². The number of anilines is 5. The number of hydrogen-bond acceptors (Lipinski definition) is 13. The molecule has 4 aliphatic heterocycles. The highest BCUT2D eigenvalue weighted by Gasteiger charge is 2.40. The molecule has 5 aromatic rings. The molecular weight excluding hydrogens is 907 g/mol. The number of likely N-dealkylation sites (tertiary alicyclic amines) is 1. The van der Waals surface area contributed by atoms with Gasteiger partial charge in [0.15, 0.2) is 0 Å². The molecule has 4 aliphatic rings. The second-order valence-electron chi connectivity index (χ2n) is 18.3. The average Bonchev–Trinajstić information content (AvgIpc) is 3.63. The highest BCUT2D eigenvalue weighted by Crippen LogP contribution is 2.45. The number of nitrogens with one attached hydrogen (secondary N) is 3.